The first-order valence-electron chi connectivity index (χ1n) is 6.91. The zero-order chi connectivity index (χ0) is 14.1. The standard InChI is InChI=1S/C13H26N2O4/c1-14-7-5-3-4-6-12(16)15-10-8-19-11(9-18-2)13(10)17/h10-11,13-14,17H,3-9H2,1-2H3,(H,15,16). The fourth-order valence-electron chi connectivity index (χ4n) is 2.16. The van der Waals surface area contributed by atoms with Gasteiger partial charge in [-0.05, 0) is 26.4 Å². The van der Waals surface area contributed by atoms with Crippen molar-refractivity contribution < 1.29 is 19.4 Å². The highest BCUT2D eigenvalue weighted by molar-refractivity contribution is 5.76. The van der Waals surface area contributed by atoms with Crippen LogP contribution < -0.4 is 10.6 Å². The molecule has 6 heteroatoms. The number of nitrogens with one attached hydrogen (secondary N) is 2. The summed E-state index contributed by atoms with van der Waals surface area (Å²) in [5.74, 6) is -0.0184. The third-order valence-corrected chi connectivity index (χ3v) is 3.29. The van der Waals surface area contributed by atoms with Crippen molar-refractivity contribution in [2.75, 3.05) is 33.9 Å². The molecule has 0 radical (unpaired) electrons. The van der Waals surface area contributed by atoms with Gasteiger partial charge in [-0.1, -0.05) is 6.42 Å². The lowest BCUT2D eigenvalue weighted by Gasteiger charge is -2.17. The summed E-state index contributed by atoms with van der Waals surface area (Å²) in [5, 5.41) is 15.8. The summed E-state index contributed by atoms with van der Waals surface area (Å²) in [4.78, 5) is 11.7. The highest BCUT2D eigenvalue weighted by atomic mass is 16.5. The summed E-state index contributed by atoms with van der Waals surface area (Å²) >= 11 is 0. The molecule has 3 N–H and O–H groups in total. The monoisotopic (exact) mass is 274 g/mol. The average molecular weight is 274 g/mol. The Bertz CT molecular complexity index is 263. The van der Waals surface area contributed by atoms with Crippen LogP contribution >= 0.6 is 0 Å². The Hall–Kier alpha value is -0.690. The number of amides is 1. The Labute approximate surface area is 114 Å². The number of carbonyl (C=O) groups excluding carboxylic acids is 1. The van der Waals surface area contributed by atoms with E-state index in [1.807, 2.05) is 7.05 Å². The molecular weight excluding hydrogens is 248 g/mol. The Morgan fingerprint density at radius 1 is 1.42 bits per heavy atom. The Kier molecular flexibility index (Phi) is 7.97. The van der Waals surface area contributed by atoms with E-state index in [-0.39, 0.29) is 18.1 Å². The molecule has 19 heavy (non-hydrogen) atoms. The second-order valence-corrected chi connectivity index (χ2v) is 4.91. The Balaban J connectivity index is 2.15. The topological polar surface area (TPSA) is 79.8 Å². The Morgan fingerprint density at radius 2 is 2.21 bits per heavy atom. The van der Waals surface area contributed by atoms with E-state index in [1.165, 1.54) is 0 Å². The van der Waals surface area contributed by atoms with Gasteiger partial charge in [-0.15, -0.1) is 0 Å². The van der Waals surface area contributed by atoms with Gasteiger partial charge in [0.05, 0.1) is 19.3 Å². The SMILES string of the molecule is CNCCCCCC(=O)NC1COC(COC)C1O. The maximum Gasteiger partial charge on any atom is 0.220 e. The number of unbranched alkanes of at least 4 members (excludes halogenated alkanes) is 2. The van der Waals surface area contributed by atoms with E-state index in [1.54, 1.807) is 7.11 Å². The fourth-order valence-corrected chi connectivity index (χ4v) is 2.16. The van der Waals surface area contributed by atoms with Gasteiger partial charge >= 0.3 is 0 Å². The van der Waals surface area contributed by atoms with Crippen molar-refractivity contribution in [1.82, 2.24) is 10.6 Å². The molecule has 6 nitrogen and oxygen atoms in total. The van der Waals surface area contributed by atoms with E-state index in [4.69, 9.17) is 9.47 Å². The minimum absolute atomic E-state index is 0.0184. The first kappa shape index (κ1) is 16.4. The lowest BCUT2D eigenvalue weighted by Crippen LogP contribution is -2.45. The Morgan fingerprint density at radius 3 is 2.89 bits per heavy atom. The zero-order valence-corrected chi connectivity index (χ0v) is 11.9. The van der Waals surface area contributed by atoms with E-state index in [0.29, 0.717) is 19.6 Å². The van der Waals surface area contributed by atoms with E-state index in [0.717, 1.165) is 25.8 Å². The molecule has 112 valence electrons. The van der Waals surface area contributed by atoms with E-state index in [9.17, 15) is 9.90 Å². The van der Waals surface area contributed by atoms with Crippen molar-refractivity contribution in [2.24, 2.45) is 0 Å². The van der Waals surface area contributed by atoms with Crippen LogP contribution in [0.4, 0.5) is 0 Å². The maximum absolute atomic E-state index is 11.7. The fraction of sp³-hybridized carbons (Fsp3) is 0.923. The van der Waals surface area contributed by atoms with E-state index >= 15 is 0 Å². The van der Waals surface area contributed by atoms with Gasteiger partial charge in [0.15, 0.2) is 0 Å². The van der Waals surface area contributed by atoms with Crippen molar-refractivity contribution in [2.45, 2.75) is 43.9 Å². The van der Waals surface area contributed by atoms with Crippen molar-refractivity contribution in [3.05, 3.63) is 0 Å². The minimum atomic E-state index is -0.687. The summed E-state index contributed by atoms with van der Waals surface area (Å²) in [7, 11) is 3.48. The molecule has 3 atom stereocenters. The summed E-state index contributed by atoms with van der Waals surface area (Å²) in [6.07, 6.45) is 2.46. The molecule has 1 aliphatic rings. The highest BCUT2D eigenvalue weighted by Gasteiger charge is 2.36. The molecule has 0 aliphatic carbocycles. The number of rotatable bonds is 9. The quantitative estimate of drug-likeness (QED) is 0.501. The average Bonchev–Trinajstić information content (AvgIpc) is 2.72. The number of aliphatic hydroxyl groups is 1. The number of carbonyl (C=O) groups is 1. The van der Waals surface area contributed by atoms with Gasteiger partial charge in [0, 0.05) is 13.5 Å². The molecule has 0 aromatic rings. The van der Waals surface area contributed by atoms with Crippen LogP contribution in [0.5, 0.6) is 0 Å². The number of aliphatic hydroxyl groups excluding tert-OH is 1. The molecule has 1 rings (SSSR count). The number of hydrogen-bond donors (Lipinski definition) is 3. The number of hydrogen-bond acceptors (Lipinski definition) is 5. The minimum Gasteiger partial charge on any atom is -0.388 e. The summed E-state index contributed by atoms with van der Waals surface area (Å²) in [6, 6.07) is -0.315. The van der Waals surface area contributed by atoms with Gasteiger partial charge in [-0.25, -0.2) is 0 Å². The largest absolute Gasteiger partial charge is 0.388 e. The second kappa shape index (κ2) is 9.25. The van der Waals surface area contributed by atoms with Crippen molar-refractivity contribution >= 4 is 5.91 Å². The molecule has 0 spiro atoms. The van der Waals surface area contributed by atoms with E-state index < -0.39 is 6.10 Å². The van der Waals surface area contributed by atoms with Crippen LogP contribution in [0.15, 0.2) is 0 Å². The predicted octanol–water partition coefficient (Wildman–Crippen LogP) is -0.343. The van der Waals surface area contributed by atoms with Crippen molar-refractivity contribution in [3.63, 3.8) is 0 Å². The van der Waals surface area contributed by atoms with Crippen LogP contribution in [0, 0.1) is 0 Å². The summed E-state index contributed by atoms with van der Waals surface area (Å²) < 4.78 is 10.3. The molecule has 0 aromatic heterocycles. The van der Waals surface area contributed by atoms with E-state index in [2.05, 4.69) is 10.6 Å². The van der Waals surface area contributed by atoms with Gasteiger partial charge in [-0.3, -0.25) is 4.79 Å². The first-order chi connectivity index (χ1) is 9.19. The third kappa shape index (κ3) is 5.86. The van der Waals surface area contributed by atoms with Gasteiger partial charge in [0.25, 0.3) is 0 Å². The van der Waals surface area contributed by atoms with Crippen LogP contribution in [-0.4, -0.2) is 63.2 Å². The molecule has 0 bridgehead atoms. The van der Waals surface area contributed by atoms with Gasteiger partial charge in [-0.2, -0.15) is 0 Å². The van der Waals surface area contributed by atoms with Crippen LogP contribution in [0.1, 0.15) is 25.7 Å². The van der Waals surface area contributed by atoms with Crippen LogP contribution in [0.25, 0.3) is 0 Å². The molecule has 1 amide bonds. The number of methoxy groups -OCH3 is 1. The van der Waals surface area contributed by atoms with Crippen molar-refractivity contribution in [1.29, 1.82) is 0 Å². The second-order valence-electron chi connectivity index (χ2n) is 4.91. The number of ether oxygens (including phenoxy) is 2. The van der Waals surface area contributed by atoms with Crippen LogP contribution in [0.3, 0.4) is 0 Å². The molecule has 0 aromatic carbocycles. The lowest BCUT2D eigenvalue weighted by molar-refractivity contribution is -0.122. The molecule has 1 heterocycles. The normalized spacial score (nSPS) is 26.6. The maximum atomic E-state index is 11.7. The molecular formula is C13H26N2O4. The zero-order valence-electron chi connectivity index (χ0n) is 11.9. The summed E-state index contributed by atoms with van der Waals surface area (Å²) in [6.45, 7) is 1.67. The predicted molar refractivity (Wildman–Crippen MR) is 71.9 cm³/mol. The highest BCUT2D eigenvalue weighted by Crippen LogP contribution is 2.15. The molecule has 3 unspecified atom stereocenters. The molecule has 1 fully saturated rings. The summed E-state index contributed by atoms with van der Waals surface area (Å²) in [5.41, 5.74) is 0. The van der Waals surface area contributed by atoms with Gasteiger partial charge in [0.2, 0.25) is 5.91 Å². The van der Waals surface area contributed by atoms with Gasteiger partial charge in [0.1, 0.15) is 12.2 Å². The first-order valence-corrected chi connectivity index (χ1v) is 6.91. The smallest absolute Gasteiger partial charge is 0.220 e. The molecule has 1 aliphatic heterocycles. The lowest BCUT2D eigenvalue weighted by atomic mass is 10.1. The van der Waals surface area contributed by atoms with Crippen LogP contribution in [-0.2, 0) is 14.3 Å². The molecule has 0 saturated carbocycles. The van der Waals surface area contributed by atoms with Crippen molar-refractivity contribution in [3.8, 4) is 0 Å². The van der Waals surface area contributed by atoms with Crippen LogP contribution in [0.2, 0.25) is 0 Å². The van der Waals surface area contributed by atoms with Gasteiger partial charge < -0.3 is 25.2 Å². The molecule has 1 saturated heterocycles. The third-order valence-electron chi connectivity index (χ3n) is 3.29.